The lowest BCUT2D eigenvalue weighted by molar-refractivity contribution is 0.453. The van der Waals surface area contributed by atoms with Crippen LogP contribution in [0.15, 0.2) is 18.3 Å². The van der Waals surface area contributed by atoms with Crippen LogP contribution in [0.3, 0.4) is 0 Å². The molecule has 1 aliphatic heterocycles. The molecule has 3 nitrogen and oxygen atoms in total. The highest BCUT2D eigenvalue weighted by Crippen LogP contribution is 2.23. The molecule has 1 aliphatic rings. The lowest BCUT2D eigenvalue weighted by Gasteiger charge is -2.22. The zero-order valence-electron chi connectivity index (χ0n) is 8.37. The molecule has 0 aromatic carbocycles. The number of nitrogens with zero attached hydrogens (tertiary/aromatic N) is 1. The Kier molecular flexibility index (Phi) is 3.11. The minimum Gasteiger partial charge on any atom is -0.326 e. The molecule has 2 heterocycles. The van der Waals surface area contributed by atoms with Crippen molar-refractivity contribution in [3.63, 3.8) is 0 Å². The lowest BCUT2D eigenvalue weighted by atomic mass is 9.93. The monoisotopic (exact) mass is 191 g/mol. The smallest absolute Gasteiger partial charge is 0.0438 e. The molecule has 1 saturated heterocycles. The molecule has 3 N–H and O–H groups in total. The largest absolute Gasteiger partial charge is 0.326 e. The standard InChI is InChI=1S/C11H17N3/c12-8-9-1-6-14-11(7-9)10-2-4-13-5-3-10/h1,6-7,10,13H,2-5,8,12H2. The van der Waals surface area contributed by atoms with Gasteiger partial charge in [0.15, 0.2) is 0 Å². The normalized spacial score (nSPS) is 18.4. The van der Waals surface area contributed by atoms with Crippen LogP contribution in [0.2, 0.25) is 0 Å². The van der Waals surface area contributed by atoms with E-state index in [4.69, 9.17) is 5.73 Å². The van der Waals surface area contributed by atoms with Crippen molar-refractivity contribution < 1.29 is 0 Å². The van der Waals surface area contributed by atoms with Crippen molar-refractivity contribution in [2.45, 2.75) is 25.3 Å². The molecular formula is C11H17N3. The number of pyridine rings is 1. The summed E-state index contributed by atoms with van der Waals surface area (Å²) in [6.45, 7) is 2.83. The predicted octanol–water partition coefficient (Wildman–Crippen LogP) is 1.01. The van der Waals surface area contributed by atoms with Gasteiger partial charge >= 0.3 is 0 Å². The number of hydrogen-bond acceptors (Lipinski definition) is 3. The highest BCUT2D eigenvalue weighted by molar-refractivity contribution is 5.19. The van der Waals surface area contributed by atoms with E-state index < -0.39 is 0 Å². The van der Waals surface area contributed by atoms with E-state index in [1.165, 1.54) is 24.1 Å². The maximum absolute atomic E-state index is 5.61. The van der Waals surface area contributed by atoms with Crippen molar-refractivity contribution in [1.82, 2.24) is 10.3 Å². The van der Waals surface area contributed by atoms with E-state index in [0.717, 1.165) is 13.1 Å². The minimum atomic E-state index is 0.612. The molecular weight excluding hydrogens is 174 g/mol. The summed E-state index contributed by atoms with van der Waals surface area (Å²) in [7, 11) is 0. The SMILES string of the molecule is NCc1ccnc(C2CCNCC2)c1. The van der Waals surface area contributed by atoms with Crippen LogP contribution in [0.4, 0.5) is 0 Å². The molecule has 76 valence electrons. The third-order valence-corrected chi connectivity index (χ3v) is 2.84. The van der Waals surface area contributed by atoms with E-state index in [1.54, 1.807) is 0 Å². The Morgan fingerprint density at radius 2 is 2.21 bits per heavy atom. The van der Waals surface area contributed by atoms with Gasteiger partial charge in [-0.1, -0.05) is 0 Å². The molecule has 1 fully saturated rings. The van der Waals surface area contributed by atoms with E-state index in [2.05, 4.69) is 16.4 Å². The first-order valence-electron chi connectivity index (χ1n) is 5.26. The Morgan fingerprint density at radius 1 is 1.43 bits per heavy atom. The summed E-state index contributed by atoms with van der Waals surface area (Å²) in [4.78, 5) is 4.43. The fraction of sp³-hybridized carbons (Fsp3) is 0.545. The third-order valence-electron chi connectivity index (χ3n) is 2.84. The van der Waals surface area contributed by atoms with E-state index in [-0.39, 0.29) is 0 Å². The second kappa shape index (κ2) is 4.53. The van der Waals surface area contributed by atoms with Gasteiger partial charge in [-0.2, -0.15) is 0 Å². The topological polar surface area (TPSA) is 50.9 Å². The number of nitrogens with one attached hydrogen (secondary N) is 1. The summed E-state index contributed by atoms with van der Waals surface area (Å²) in [5.41, 5.74) is 8.01. The second-order valence-electron chi connectivity index (χ2n) is 3.82. The van der Waals surface area contributed by atoms with Crippen LogP contribution >= 0.6 is 0 Å². The highest BCUT2D eigenvalue weighted by Gasteiger charge is 2.16. The maximum atomic E-state index is 5.61. The van der Waals surface area contributed by atoms with Gasteiger partial charge in [-0.3, -0.25) is 4.98 Å². The Bertz CT molecular complexity index is 292. The van der Waals surface area contributed by atoms with Gasteiger partial charge in [-0.05, 0) is 43.6 Å². The molecule has 0 saturated carbocycles. The summed E-state index contributed by atoms with van der Waals surface area (Å²) in [5, 5.41) is 3.36. The zero-order valence-corrected chi connectivity index (χ0v) is 8.37. The highest BCUT2D eigenvalue weighted by atomic mass is 14.9. The van der Waals surface area contributed by atoms with E-state index >= 15 is 0 Å². The number of hydrogen-bond donors (Lipinski definition) is 2. The first-order valence-corrected chi connectivity index (χ1v) is 5.26. The third kappa shape index (κ3) is 2.11. The number of nitrogens with two attached hydrogens (primary N) is 1. The molecule has 1 aromatic rings. The van der Waals surface area contributed by atoms with Crippen LogP contribution in [-0.2, 0) is 6.54 Å². The van der Waals surface area contributed by atoms with Gasteiger partial charge in [-0.15, -0.1) is 0 Å². The predicted molar refractivity (Wildman–Crippen MR) is 57.0 cm³/mol. The van der Waals surface area contributed by atoms with E-state index in [0.29, 0.717) is 12.5 Å². The molecule has 1 aromatic heterocycles. The van der Waals surface area contributed by atoms with Gasteiger partial charge in [0, 0.05) is 24.4 Å². The zero-order chi connectivity index (χ0) is 9.80. The van der Waals surface area contributed by atoms with Gasteiger partial charge in [0.1, 0.15) is 0 Å². The summed E-state index contributed by atoms with van der Waals surface area (Å²) >= 11 is 0. The van der Waals surface area contributed by atoms with Crippen LogP contribution in [0, 0.1) is 0 Å². The summed E-state index contributed by atoms with van der Waals surface area (Å²) in [6, 6.07) is 4.14. The summed E-state index contributed by atoms with van der Waals surface area (Å²) < 4.78 is 0. The first kappa shape index (κ1) is 9.62. The van der Waals surface area contributed by atoms with Gasteiger partial charge in [-0.25, -0.2) is 0 Å². The summed E-state index contributed by atoms with van der Waals surface area (Å²) in [5.74, 6) is 0.628. The van der Waals surface area contributed by atoms with Crippen LogP contribution < -0.4 is 11.1 Å². The Hall–Kier alpha value is -0.930. The Morgan fingerprint density at radius 3 is 2.93 bits per heavy atom. The number of aromatic nitrogens is 1. The van der Waals surface area contributed by atoms with Gasteiger partial charge < -0.3 is 11.1 Å². The minimum absolute atomic E-state index is 0.612. The fourth-order valence-electron chi connectivity index (χ4n) is 1.96. The molecule has 3 heteroatoms. The summed E-state index contributed by atoms with van der Waals surface area (Å²) in [6.07, 6.45) is 4.27. The fourth-order valence-corrected chi connectivity index (χ4v) is 1.96. The maximum Gasteiger partial charge on any atom is 0.0438 e. The van der Waals surface area contributed by atoms with Crippen molar-refractivity contribution in [3.05, 3.63) is 29.6 Å². The molecule has 0 atom stereocenters. The molecule has 0 radical (unpaired) electrons. The van der Waals surface area contributed by atoms with Crippen LogP contribution in [0.1, 0.15) is 30.0 Å². The van der Waals surface area contributed by atoms with Crippen molar-refractivity contribution >= 4 is 0 Å². The van der Waals surface area contributed by atoms with E-state index in [9.17, 15) is 0 Å². The Balaban J connectivity index is 2.13. The average Bonchev–Trinajstić information content (AvgIpc) is 2.30. The number of rotatable bonds is 2. The van der Waals surface area contributed by atoms with Crippen molar-refractivity contribution in [3.8, 4) is 0 Å². The lowest BCUT2D eigenvalue weighted by Crippen LogP contribution is -2.27. The molecule has 0 amide bonds. The molecule has 0 unspecified atom stereocenters. The van der Waals surface area contributed by atoms with Crippen LogP contribution in [0.25, 0.3) is 0 Å². The molecule has 2 rings (SSSR count). The van der Waals surface area contributed by atoms with Crippen molar-refractivity contribution in [2.24, 2.45) is 5.73 Å². The first-order chi connectivity index (χ1) is 6.90. The molecule has 0 aliphatic carbocycles. The Labute approximate surface area is 84.7 Å². The van der Waals surface area contributed by atoms with Gasteiger partial charge in [0.25, 0.3) is 0 Å². The van der Waals surface area contributed by atoms with E-state index in [1.807, 2.05) is 12.3 Å². The molecule has 0 spiro atoms. The van der Waals surface area contributed by atoms with Crippen LogP contribution in [0.5, 0.6) is 0 Å². The van der Waals surface area contributed by atoms with Crippen LogP contribution in [-0.4, -0.2) is 18.1 Å². The number of piperidine rings is 1. The second-order valence-corrected chi connectivity index (χ2v) is 3.82. The van der Waals surface area contributed by atoms with Gasteiger partial charge in [0.05, 0.1) is 0 Å². The average molecular weight is 191 g/mol. The molecule has 0 bridgehead atoms. The molecule has 14 heavy (non-hydrogen) atoms. The van der Waals surface area contributed by atoms with Crippen molar-refractivity contribution in [1.29, 1.82) is 0 Å². The van der Waals surface area contributed by atoms with Crippen molar-refractivity contribution in [2.75, 3.05) is 13.1 Å². The van der Waals surface area contributed by atoms with Gasteiger partial charge in [0.2, 0.25) is 0 Å². The quantitative estimate of drug-likeness (QED) is 0.733.